The van der Waals surface area contributed by atoms with Crippen LogP contribution in [0.2, 0.25) is 0 Å². The van der Waals surface area contributed by atoms with E-state index in [4.69, 9.17) is 4.74 Å². The Bertz CT molecular complexity index is 577. The number of hydrogen-bond acceptors (Lipinski definition) is 5. The van der Waals surface area contributed by atoms with E-state index in [0.29, 0.717) is 18.9 Å². The quantitative estimate of drug-likeness (QED) is 0.519. The molecule has 0 aromatic carbocycles. The highest BCUT2D eigenvalue weighted by atomic mass is 16.5. The molecular weight excluding hydrogens is 338 g/mol. The lowest BCUT2D eigenvalue weighted by atomic mass is 9.73. The molecule has 1 saturated carbocycles. The molecule has 2 atom stereocenters. The van der Waals surface area contributed by atoms with Gasteiger partial charge in [0.25, 0.3) is 11.8 Å². The van der Waals surface area contributed by atoms with Crippen molar-refractivity contribution in [2.45, 2.75) is 58.4 Å². The fourth-order valence-corrected chi connectivity index (χ4v) is 3.51. The van der Waals surface area contributed by atoms with E-state index in [2.05, 4.69) is 10.6 Å². The van der Waals surface area contributed by atoms with Gasteiger partial charge in [0, 0.05) is 6.54 Å². The van der Waals surface area contributed by atoms with Crippen molar-refractivity contribution in [2.75, 3.05) is 19.7 Å². The van der Waals surface area contributed by atoms with Crippen LogP contribution in [0, 0.1) is 11.8 Å². The lowest BCUT2D eigenvalue weighted by Crippen LogP contribution is -2.54. The number of nitrogens with zero attached hydrogens (tertiary/aromatic N) is 1. The molecule has 2 fully saturated rings. The second kappa shape index (κ2) is 8.51. The van der Waals surface area contributed by atoms with E-state index < -0.39 is 36.6 Å². The molecule has 26 heavy (non-hydrogen) atoms. The fraction of sp³-hybridized carbons (Fsp3) is 0.778. The number of carbonyl (C=O) groups excluding carboxylic acids is 4. The highest BCUT2D eigenvalue weighted by molar-refractivity contribution is 6.09. The molecule has 2 aliphatic rings. The van der Waals surface area contributed by atoms with Crippen LogP contribution in [0.3, 0.4) is 0 Å². The summed E-state index contributed by atoms with van der Waals surface area (Å²) in [5.41, 5.74) is -0.899. The predicted molar refractivity (Wildman–Crippen MR) is 94.0 cm³/mol. The van der Waals surface area contributed by atoms with E-state index in [1.807, 2.05) is 20.8 Å². The van der Waals surface area contributed by atoms with Gasteiger partial charge in [0.15, 0.2) is 6.61 Å². The number of ether oxygens (including phenoxy) is 1. The van der Waals surface area contributed by atoms with Crippen LogP contribution in [-0.4, -0.2) is 54.0 Å². The van der Waals surface area contributed by atoms with Crippen LogP contribution in [-0.2, 0) is 19.1 Å². The normalized spacial score (nSPS) is 25.5. The first kappa shape index (κ1) is 20.2. The molecule has 0 bridgehead atoms. The molecule has 146 valence electrons. The van der Waals surface area contributed by atoms with Gasteiger partial charge in [0.05, 0.1) is 0 Å². The standard InChI is InChI=1S/C18H29N3O5/c1-12(2)7-9-19-14(22)11-26-15(23)10-21-16(24)18(20-17(21)25)8-5-4-6-13(18)3/h12-13H,4-11H2,1-3H3,(H,19,22)(H,20,25)/t13-,18-/m0/s1. The van der Waals surface area contributed by atoms with Crippen LogP contribution >= 0.6 is 0 Å². The molecule has 8 nitrogen and oxygen atoms in total. The van der Waals surface area contributed by atoms with Gasteiger partial charge >= 0.3 is 12.0 Å². The zero-order valence-corrected chi connectivity index (χ0v) is 15.8. The number of carbonyl (C=O) groups is 4. The smallest absolute Gasteiger partial charge is 0.326 e. The van der Waals surface area contributed by atoms with Gasteiger partial charge in [-0.15, -0.1) is 0 Å². The average molecular weight is 367 g/mol. The Morgan fingerprint density at radius 3 is 2.73 bits per heavy atom. The van der Waals surface area contributed by atoms with Gasteiger partial charge in [-0.3, -0.25) is 19.3 Å². The molecule has 0 unspecified atom stereocenters. The topological polar surface area (TPSA) is 105 Å². The summed E-state index contributed by atoms with van der Waals surface area (Å²) in [6.07, 6.45) is 4.18. The number of amides is 4. The van der Waals surface area contributed by atoms with Gasteiger partial charge in [-0.1, -0.05) is 33.6 Å². The van der Waals surface area contributed by atoms with Gasteiger partial charge in [-0.05, 0) is 31.1 Å². The molecule has 8 heteroatoms. The van der Waals surface area contributed by atoms with Gasteiger partial charge in [-0.25, -0.2) is 4.79 Å². The highest BCUT2D eigenvalue weighted by Gasteiger charge is 2.55. The molecule has 1 heterocycles. The summed E-state index contributed by atoms with van der Waals surface area (Å²) in [7, 11) is 0. The maximum atomic E-state index is 12.7. The van der Waals surface area contributed by atoms with Gasteiger partial charge in [-0.2, -0.15) is 0 Å². The van der Waals surface area contributed by atoms with Crippen LogP contribution in [0.4, 0.5) is 4.79 Å². The SMILES string of the molecule is CC(C)CCNC(=O)COC(=O)CN1C(=O)N[C@]2(CCCC[C@@H]2C)C1=O. The Morgan fingerprint density at radius 2 is 2.08 bits per heavy atom. The van der Waals surface area contributed by atoms with Crippen molar-refractivity contribution in [3.8, 4) is 0 Å². The first-order valence-corrected chi connectivity index (χ1v) is 9.32. The van der Waals surface area contributed by atoms with E-state index in [1.54, 1.807) is 0 Å². The van der Waals surface area contributed by atoms with Crippen LogP contribution in [0.15, 0.2) is 0 Å². The summed E-state index contributed by atoms with van der Waals surface area (Å²) in [5.74, 6) is -1.04. The van der Waals surface area contributed by atoms with Crippen molar-refractivity contribution < 1.29 is 23.9 Å². The maximum absolute atomic E-state index is 12.7. The molecule has 1 aliphatic heterocycles. The molecule has 4 amide bonds. The Labute approximate surface area is 154 Å². The number of hydrogen-bond donors (Lipinski definition) is 2. The third kappa shape index (κ3) is 4.53. The van der Waals surface area contributed by atoms with Crippen molar-refractivity contribution in [3.63, 3.8) is 0 Å². The molecule has 1 saturated heterocycles. The number of esters is 1. The van der Waals surface area contributed by atoms with E-state index >= 15 is 0 Å². The second-order valence-corrected chi connectivity index (χ2v) is 7.63. The van der Waals surface area contributed by atoms with Crippen molar-refractivity contribution in [2.24, 2.45) is 11.8 Å². The minimum atomic E-state index is -0.899. The molecule has 1 spiro atoms. The molecule has 0 radical (unpaired) electrons. The van der Waals surface area contributed by atoms with Crippen LogP contribution in [0.5, 0.6) is 0 Å². The minimum absolute atomic E-state index is 0.0282. The summed E-state index contributed by atoms with van der Waals surface area (Å²) in [6.45, 7) is 5.66. The van der Waals surface area contributed by atoms with Crippen LogP contribution in [0.1, 0.15) is 52.9 Å². The number of urea groups is 1. The third-order valence-electron chi connectivity index (χ3n) is 5.20. The van der Waals surface area contributed by atoms with Gasteiger partial charge < -0.3 is 15.4 Å². The molecule has 0 aromatic heterocycles. The highest BCUT2D eigenvalue weighted by Crippen LogP contribution is 2.38. The van der Waals surface area contributed by atoms with E-state index in [0.717, 1.165) is 30.6 Å². The minimum Gasteiger partial charge on any atom is -0.454 e. The van der Waals surface area contributed by atoms with Crippen LogP contribution in [0.25, 0.3) is 0 Å². The molecule has 0 aromatic rings. The summed E-state index contributed by atoms with van der Waals surface area (Å²) in [4.78, 5) is 49.4. The second-order valence-electron chi connectivity index (χ2n) is 7.63. The zero-order chi connectivity index (χ0) is 19.3. The number of nitrogens with one attached hydrogen (secondary N) is 2. The summed E-state index contributed by atoms with van der Waals surface area (Å²) in [6, 6.07) is -0.568. The Hall–Kier alpha value is -2.12. The van der Waals surface area contributed by atoms with Crippen LogP contribution < -0.4 is 10.6 Å². The molecular formula is C18H29N3O5. The maximum Gasteiger partial charge on any atom is 0.326 e. The molecule has 2 rings (SSSR count). The Kier molecular flexibility index (Phi) is 6.61. The number of imide groups is 1. The predicted octanol–water partition coefficient (Wildman–Crippen LogP) is 1.19. The largest absolute Gasteiger partial charge is 0.454 e. The van der Waals surface area contributed by atoms with Crippen molar-refractivity contribution >= 4 is 23.8 Å². The van der Waals surface area contributed by atoms with Crippen molar-refractivity contribution in [3.05, 3.63) is 0 Å². The van der Waals surface area contributed by atoms with Gasteiger partial charge in [0.2, 0.25) is 0 Å². The number of rotatable bonds is 7. The molecule has 2 N–H and O–H groups in total. The van der Waals surface area contributed by atoms with Gasteiger partial charge in [0.1, 0.15) is 12.1 Å². The lowest BCUT2D eigenvalue weighted by Gasteiger charge is -2.36. The lowest BCUT2D eigenvalue weighted by molar-refractivity contribution is -0.151. The Morgan fingerprint density at radius 1 is 1.35 bits per heavy atom. The third-order valence-corrected chi connectivity index (χ3v) is 5.20. The summed E-state index contributed by atoms with van der Waals surface area (Å²) >= 11 is 0. The molecule has 1 aliphatic carbocycles. The Balaban J connectivity index is 1.82. The van der Waals surface area contributed by atoms with E-state index in [1.165, 1.54) is 0 Å². The summed E-state index contributed by atoms with van der Waals surface area (Å²) < 4.78 is 4.90. The monoisotopic (exact) mass is 367 g/mol. The first-order valence-electron chi connectivity index (χ1n) is 9.32. The van der Waals surface area contributed by atoms with Crippen molar-refractivity contribution in [1.29, 1.82) is 0 Å². The first-order chi connectivity index (χ1) is 12.3. The zero-order valence-electron chi connectivity index (χ0n) is 15.8. The summed E-state index contributed by atoms with van der Waals surface area (Å²) in [5, 5.41) is 5.43. The van der Waals surface area contributed by atoms with E-state index in [-0.39, 0.29) is 11.8 Å². The van der Waals surface area contributed by atoms with Crippen molar-refractivity contribution in [1.82, 2.24) is 15.5 Å². The average Bonchev–Trinajstić information content (AvgIpc) is 2.80. The van der Waals surface area contributed by atoms with E-state index in [9.17, 15) is 19.2 Å². The fourth-order valence-electron chi connectivity index (χ4n) is 3.51.